The van der Waals surface area contributed by atoms with E-state index in [9.17, 15) is 9.59 Å². The lowest BCUT2D eigenvalue weighted by Crippen LogP contribution is -2.49. The second kappa shape index (κ2) is 9.55. The zero-order valence-corrected chi connectivity index (χ0v) is 17.4. The molecule has 1 aromatic carbocycles. The number of pyridine rings is 1. The molecule has 0 radical (unpaired) electrons. The summed E-state index contributed by atoms with van der Waals surface area (Å²) in [6.07, 6.45) is 3.76. The molecule has 2 aliphatic rings. The molecular formula is C22H26ClN5O2. The highest BCUT2D eigenvalue weighted by atomic mass is 35.5. The van der Waals surface area contributed by atoms with Crippen LogP contribution in [0.25, 0.3) is 0 Å². The molecule has 2 amide bonds. The zero-order chi connectivity index (χ0) is 20.9. The number of piperidine rings is 1. The minimum Gasteiger partial charge on any atom is -0.352 e. The van der Waals surface area contributed by atoms with Gasteiger partial charge in [0.05, 0.1) is 11.7 Å². The van der Waals surface area contributed by atoms with Crippen LogP contribution in [0.4, 0.5) is 0 Å². The second-order valence-electron chi connectivity index (χ2n) is 7.79. The lowest BCUT2D eigenvalue weighted by molar-refractivity contribution is -0.137. The highest BCUT2D eigenvalue weighted by molar-refractivity contribution is 6.31. The predicted octanol–water partition coefficient (Wildman–Crippen LogP) is 2.20. The summed E-state index contributed by atoms with van der Waals surface area (Å²) in [6.45, 7) is 1.61. The number of aromatic nitrogens is 1. The van der Waals surface area contributed by atoms with Crippen LogP contribution in [0.5, 0.6) is 0 Å². The highest BCUT2D eigenvalue weighted by Crippen LogP contribution is 2.24. The number of halogens is 1. The first kappa shape index (κ1) is 20.8. The molecule has 0 spiro atoms. The third-order valence-electron chi connectivity index (χ3n) is 5.83. The van der Waals surface area contributed by atoms with Crippen LogP contribution >= 0.6 is 11.6 Å². The summed E-state index contributed by atoms with van der Waals surface area (Å²) in [7, 11) is 0. The Morgan fingerprint density at radius 2 is 1.87 bits per heavy atom. The van der Waals surface area contributed by atoms with E-state index in [1.807, 2.05) is 47.4 Å². The third kappa shape index (κ3) is 4.80. The monoisotopic (exact) mass is 427 g/mol. The fourth-order valence-corrected chi connectivity index (χ4v) is 4.25. The molecule has 2 fully saturated rings. The van der Waals surface area contributed by atoms with Gasteiger partial charge in [-0.2, -0.15) is 0 Å². The summed E-state index contributed by atoms with van der Waals surface area (Å²) in [5, 5.41) is 3.63. The summed E-state index contributed by atoms with van der Waals surface area (Å²) in [5.74, 6) is 0.0289. The van der Waals surface area contributed by atoms with Crippen molar-refractivity contribution in [2.45, 2.75) is 37.9 Å². The van der Waals surface area contributed by atoms with Crippen molar-refractivity contribution in [1.82, 2.24) is 26.1 Å². The van der Waals surface area contributed by atoms with Gasteiger partial charge in [0, 0.05) is 36.8 Å². The fraction of sp³-hybridized carbons (Fsp3) is 0.409. The number of hydrogen-bond acceptors (Lipinski definition) is 5. The van der Waals surface area contributed by atoms with Gasteiger partial charge in [-0.15, -0.1) is 0 Å². The Labute approximate surface area is 181 Å². The van der Waals surface area contributed by atoms with Gasteiger partial charge in [-0.05, 0) is 43.0 Å². The van der Waals surface area contributed by atoms with Crippen molar-refractivity contribution in [3.63, 3.8) is 0 Å². The number of hydrazine groups is 1. The van der Waals surface area contributed by atoms with Gasteiger partial charge in [0.15, 0.2) is 0 Å². The number of rotatable bonds is 5. The number of carbonyl (C=O) groups excluding carboxylic acids is 2. The predicted molar refractivity (Wildman–Crippen MR) is 114 cm³/mol. The summed E-state index contributed by atoms with van der Waals surface area (Å²) in [6, 6.07) is 13.0. The average molecular weight is 428 g/mol. The largest absolute Gasteiger partial charge is 0.352 e. The van der Waals surface area contributed by atoms with E-state index in [0.29, 0.717) is 43.9 Å². The van der Waals surface area contributed by atoms with Crippen molar-refractivity contribution in [3.05, 3.63) is 64.9 Å². The van der Waals surface area contributed by atoms with Gasteiger partial charge in [0.2, 0.25) is 11.8 Å². The lowest BCUT2D eigenvalue weighted by atomic mass is 9.95. The molecule has 2 atom stereocenters. The van der Waals surface area contributed by atoms with Crippen LogP contribution in [0.15, 0.2) is 48.7 Å². The molecule has 1 aromatic heterocycles. The van der Waals surface area contributed by atoms with Crippen molar-refractivity contribution < 1.29 is 9.59 Å². The van der Waals surface area contributed by atoms with Crippen molar-refractivity contribution in [1.29, 1.82) is 0 Å². The molecule has 0 bridgehead atoms. The van der Waals surface area contributed by atoms with Crippen LogP contribution in [-0.4, -0.2) is 40.8 Å². The van der Waals surface area contributed by atoms with Crippen molar-refractivity contribution in [3.8, 4) is 0 Å². The molecule has 2 aromatic rings. The topological polar surface area (TPSA) is 86.4 Å². The smallest absolute Gasteiger partial charge is 0.241 e. The van der Waals surface area contributed by atoms with Crippen molar-refractivity contribution in [2.75, 3.05) is 13.1 Å². The van der Waals surface area contributed by atoms with E-state index in [1.165, 1.54) is 0 Å². The molecule has 7 nitrogen and oxygen atoms in total. The van der Waals surface area contributed by atoms with Crippen LogP contribution < -0.4 is 16.2 Å². The Balaban J connectivity index is 1.24. The van der Waals surface area contributed by atoms with E-state index in [2.05, 4.69) is 21.2 Å². The van der Waals surface area contributed by atoms with Crippen LogP contribution in [0.2, 0.25) is 5.02 Å². The Morgan fingerprint density at radius 1 is 1.10 bits per heavy atom. The Morgan fingerprint density at radius 3 is 2.60 bits per heavy atom. The van der Waals surface area contributed by atoms with E-state index in [-0.39, 0.29) is 29.8 Å². The van der Waals surface area contributed by atoms with Crippen LogP contribution in [0.1, 0.15) is 36.6 Å². The average Bonchev–Trinajstić information content (AvgIpc) is 3.29. The first-order valence-electron chi connectivity index (χ1n) is 10.3. The van der Waals surface area contributed by atoms with Gasteiger partial charge in [0.25, 0.3) is 0 Å². The fourth-order valence-electron chi connectivity index (χ4n) is 4.04. The van der Waals surface area contributed by atoms with E-state index >= 15 is 0 Å². The quantitative estimate of drug-likeness (QED) is 0.681. The van der Waals surface area contributed by atoms with Crippen LogP contribution in [0, 0.1) is 5.92 Å². The Kier molecular flexibility index (Phi) is 6.62. The Bertz CT molecular complexity index is 886. The summed E-state index contributed by atoms with van der Waals surface area (Å²) in [5.41, 5.74) is 8.11. The SMILES string of the molecule is O=C(NCc1ccccc1Cl)C1CCN(C(=O)C2CC(c3ccccn3)NN2)CC1. The standard InChI is InChI=1S/C22H26ClN5O2/c23-17-6-2-1-5-16(17)14-25-21(29)15-8-11-28(12-9-15)22(30)20-13-19(26-27-20)18-7-3-4-10-24-18/h1-7,10,15,19-20,26-27H,8-9,11-14H2,(H,25,29). The van der Waals surface area contributed by atoms with Crippen LogP contribution in [0.3, 0.4) is 0 Å². The lowest BCUT2D eigenvalue weighted by Gasteiger charge is -2.32. The number of nitrogens with zero attached hydrogens (tertiary/aromatic N) is 2. The maximum absolute atomic E-state index is 12.9. The minimum atomic E-state index is -0.275. The van der Waals surface area contributed by atoms with Crippen molar-refractivity contribution in [2.24, 2.45) is 5.92 Å². The summed E-state index contributed by atoms with van der Waals surface area (Å²) < 4.78 is 0. The van der Waals surface area contributed by atoms with Gasteiger partial charge in [-0.3, -0.25) is 14.6 Å². The molecule has 0 aliphatic carbocycles. The number of hydrogen-bond donors (Lipinski definition) is 3. The molecule has 2 unspecified atom stereocenters. The molecule has 0 saturated carbocycles. The normalized spacial score (nSPS) is 22.1. The van der Waals surface area contributed by atoms with Gasteiger partial charge in [-0.25, -0.2) is 10.9 Å². The molecule has 3 N–H and O–H groups in total. The van der Waals surface area contributed by atoms with Gasteiger partial charge in [0.1, 0.15) is 6.04 Å². The minimum absolute atomic E-state index is 0.0216. The van der Waals surface area contributed by atoms with Gasteiger partial charge >= 0.3 is 0 Å². The van der Waals surface area contributed by atoms with E-state index in [4.69, 9.17) is 11.6 Å². The van der Waals surface area contributed by atoms with Gasteiger partial charge < -0.3 is 10.2 Å². The van der Waals surface area contributed by atoms with E-state index in [1.54, 1.807) is 6.20 Å². The molecule has 30 heavy (non-hydrogen) atoms. The van der Waals surface area contributed by atoms with Crippen molar-refractivity contribution >= 4 is 23.4 Å². The molecule has 158 valence electrons. The number of amides is 2. The maximum atomic E-state index is 12.9. The number of carbonyl (C=O) groups is 2. The number of likely N-dealkylation sites (tertiary alicyclic amines) is 1. The molecule has 8 heteroatoms. The third-order valence-corrected chi connectivity index (χ3v) is 6.20. The van der Waals surface area contributed by atoms with Crippen LogP contribution in [-0.2, 0) is 16.1 Å². The highest BCUT2D eigenvalue weighted by Gasteiger charge is 2.35. The molecule has 2 saturated heterocycles. The van der Waals surface area contributed by atoms with Gasteiger partial charge in [-0.1, -0.05) is 35.9 Å². The number of nitrogens with one attached hydrogen (secondary N) is 3. The maximum Gasteiger partial charge on any atom is 0.241 e. The zero-order valence-electron chi connectivity index (χ0n) is 16.7. The molecular weight excluding hydrogens is 402 g/mol. The number of benzene rings is 1. The molecule has 3 heterocycles. The first-order valence-corrected chi connectivity index (χ1v) is 10.7. The molecule has 2 aliphatic heterocycles. The summed E-state index contributed by atoms with van der Waals surface area (Å²) in [4.78, 5) is 31.6. The molecule has 4 rings (SSSR count). The van der Waals surface area contributed by atoms with E-state index in [0.717, 1.165) is 11.3 Å². The Hall–Kier alpha value is -2.48. The summed E-state index contributed by atoms with van der Waals surface area (Å²) >= 11 is 6.15. The first-order chi connectivity index (χ1) is 14.6. The second-order valence-corrected chi connectivity index (χ2v) is 8.20. The van der Waals surface area contributed by atoms with E-state index < -0.39 is 0 Å².